The minimum Gasteiger partial charge on any atom is -0.300 e. The van der Waals surface area contributed by atoms with Crippen LogP contribution in [0.2, 0.25) is 5.02 Å². The minimum absolute atomic E-state index is 0.203. The summed E-state index contributed by atoms with van der Waals surface area (Å²) in [6.07, 6.45) is 5.80. The van der Waals surface area contributed by atoms with E-state index in [2.05, 4.69) is 10.3 Å². The molecule has 0 radical (unpaired) electrons. The number of aromatic nitrogens is 1. The van der Waals surface area contributed by atoms with Crippen LogP contribution in [0.1, 0.15) is 36.1 Å². The molecule has 1 aromatic carbocycles. The van der Waals surface area contributed by atoms with Gasteiger partial charge in [-0.05, 0) is 30.5 Å². The molecule has 1 N–H and O–H groups in total. The lowest BCUT2D eigenvalue weighted by Gasteiger charge is -2.19. The number of hydrogen-bond acceptors (Lipinski definition) is 5. The van der Waals surface area contributed by atoms with Gasteiger partial charge in [0.1, 0.15) is 6.54 Å². The monoisotopic (exact) mass is 417 g/mol. The first-order chi connectivity index (χ1) is 13.5. The maximum absolute atomic E-state index is 12.5. The highest BCUT2D eigenvalue weighted by atomic mass is 35.5. The average Bonchev–Trinajstić information content (AvgIpc) is 3.20. The minimum atomic E-state index is -0.399. The number of imide groups is 1. The van der Waals surface area contributed by atoms with E-state index in [-0.39, 0.29) is 30.2 Å². The summed E-state index contributed by atoms with van der Waals surface area (Å²) in [6, 6.07) is 7.58. The SMILES string of the molecule is O=C(CN1C(=O)[C@H]2CCCC[C@@H]2C1=O)Nc1ncc(Cc2cccc(Cl)c2)s1. The molecule has 2 aromatic rings. The summed E-state index contributed by atoms with van der Waals surface area (Å²) in [7, 11) is 0. The van der Waals surface area contributed by atoms with Crippen LogP contribution in [0.3, 0.4) is 0 Å². The molecule has 2 atom stereocenters. The highest BCUT2D eigenvalue weighted by Crippen LogP contribution is 2.37. The van der Waals surface area contributed by atoms with Gasteiger partial charge in [0.25, 0.3) is 0 Å². The zero-order valence-corrected chi connectivity index (χ0v) is 16.8. The van der Waals surface area contributed by atoms with Crippen molar-refractivity contribution in [3.05, 3.63) is 45.9 Å². The molecule has 1 aromatic heterocycles. The van der Waals surface area contributed by atoms with E-state index in [1.807, 2.05) is 24.3 Å². The number of fused-ring (bicyclic) bond motifs is 1. The lowest BCUT2D eigenvalue weighted by atomic mass is 9.81. The zero-order valence-electron chi connectivity index (χ0n) is 15.2. The molecule has 3 amide bonds. The van der Waals surface area contributed by atoms with Crippen LogP contribution < -0.4 is 5.32 Å². The van der Waals surface area contributed by atoms with E-state index >= 15 is 0 Å². The molecule has 146 valence electrons. The number of hydrogen-bond donors (Lipinski definition) is 1. The van der Waals surface area contributed by atoms with E-state index in [1.54, 1.807) is 6.20 Å². The van der Waals surface area contributed by atoms with Crippen molar-refractivity contribution in [3.8, 4) is 0 Å². The molecule has 2 heterocycles. The summed E-state index contributed by atoms with van der Waals surface area (Å²) in [5.41, 5.74) is 1.06. The molecule has 1 saturated heterocycles. The second kappa shape index (κ2) is 8.01. The summed E-state index contributed by atoms with van der Waals surface area (Å²) < 4.78 is 0. The standard InChI is InChI=1S/C20H20ClN3O3S/c21-13-5-3-4-12(8-13)9-14-10-22-20(28-14)23-17(25)11-24-18(26)15-6-1-2-7-16(15)19(24)27/h3-5,8,10,15-16H,1-2,6-7,9,11H2,(H,22,23,25)/t15-,16-/m0/s1. The van der Waals surface area contributed by atoms with Crippen molar-refractivity contribution >= 4 is 45.8 Å². The second-order valence-corrected chi connectivity index (χ2v) is 8.80. The lowest BCUT2D eigenvalue weighted by Crippen LogP contribution is -2.38. The Kier molecular flexibility index (Phi) is 5.46. The first-order valence-corrected chi connectivity index (χ1v) is 10.5. The number of nitrogens with zero attached hydrogens (tertiary/aromatic N) is 2. The van der Waals surface area contributed by atoms with Gasteiger partial charge in [0.05, 0.1) is 11.8 Å². The Labute approximate surface area is 171 Å². The van der Waals surface area contributed by atoms with Gasteiger partial charge in [-0.25, -0.2) is 4.98 Å². The molecule has 8 heteroatoms. The Bertz CT molecular complexity index is 905. The third kappa shape index (κ3) is 3.95. The summed E-state index contributed by atoms with van der Waals surface area (Å²) in [5, 5.41) is 3.84. The Morgan fingerprint density at radius 2 is 1.93 bits per heavy atom. The average molecular weight is 418 g/mol. The molecule has 0 spiro atoms. The van der Waals surface area contributed by atoms with Gasteiger partial charge in [-0.3, -0.25) is 19.3 Å². The van der Waals surface area contributed by atoms with Gasteiger partial charge in [-0.15, -0.1) is 11.3 Å². The quantitative estimate of drug-likeness (QED) is 0.755. The molecule has 1 aliphatic heterocycles. The van der Waals surface area contributed by atoms with Crippen molar-refractivity contribution in [2.75, 3.05) is 11.9 Å². The number of anilines is 1. The Hall–Kier alpha value is -2.25. The molecule has 2 aliphatic rings. The normalized spacial score (nSPS) is 21.7. The van der Waals surface area contributed by atoms with Crippen LogP contribution in [0.25, 0.3) is 0 Å². The molecule has 0 bridgehead atoms. The largest absolute Gasteiger partial charge is 0.300 e. The molecule has 1 aliphatic carbocycles. The van der Waals surface area contributed by atoms with Crippen LogP contribution in [-0.2, 0) is 20.8 Å². The lowest BCUT2D eigenvalue weighted by molar-refractivity contribution is -0.142. The van der Waals surface area contributed by atoms with E-state index in [1.165, 1.54) is 11.3 Å². The van der Waals surface area contributed by atoms with Crippen molar-refractivity contribution in [2.45, 2.75) is 32.1 Å². The van der Waals surface area contributed by atoms with E-state index in [9.17, 15) is 14.4 Å². The van der Waals surface area contributed by atoms with Crippen molar-refractivity contribution in [1.82, 2.24) is 9.88 Å². The van der Waals surface area contributed by atoms with Crippen LogP contribution >= 0.6 is 22.9 Å². The van der Waals surface area contributed by atoms with Crippen LogP contribution in [0.4, 0.5) is 5.13 Å². The van der Waals surface area contributed by atoms with Gasteiger partial charge >= 0.3 is 0 Å². The van der Waals surface area contributed by atoms with Crippen LogP contribution in [0, 0.1) is 11.8 Å². The highest BCUT2D eigenvalue weighted by Gasteiger charge is 2.48. The summed E-state index contributed by atoms with van der Waals surface area (Å²) in [4.78, 5) is 43.6. The predicted octanol–water partition coefficient (Wildman–Crippen LogP) is 3.50. The molecule has 1 saturated carbocycles. The second-order valence-electron chi connectivity index (χ2n) is 7.25. The topological polar surface area (TPSA) is 79.4 Å². The number of benzene rings is 1. The Morgan fingerprint density at radius 3 is 2.61 bits per heavy atom. The number of carbonyl (C=O) groups excluding carboxylic acids is 3. The number of nitrogens with one attached hydrogen (secondary N) is 1. The van der Waals surface area contributed by atoms with Crippen molar-refractivity contribution < 1.29 is 14.4 Å². The molecule has 2 fully saturated rings. The fraction of sp³-hybridized carbons (Fsp3) is 0.400. The number of likely N-dealkylation sites (tertiary alicyclic amines) is 1. The molecule has 6 nitrogen and oxygen atoms in total. The van der Waals surface area contributed by atoms with E-state index in [0.717, 1.165) is 41.0 Å². The predicted molar refractivity (Wildman–Crippen MR) is 107 cm³/mol. The zero-order chi connectivity index (χ0) is 19.7. The van der Waals surface area contributed by atoms with Crippen LogP contribution in [0.15, 0.2) is 30.5 Å². The van der Waals surface area contributed by atoms with E-state index < -0.39 is 5.91 Å². The van der Waals surface area contributed by atoms with Gasteiger partial charge in [0, 0.05) is 22.5 Å². The fourth-order valence-electron chi connectivity index (χ4n) is 3.98. The molecular weight excluding hydrogens is 398 g/mol. The van der Waals surface area contributed by atoms with Crippen LogP contribution in [0.5, 0.6) is 0 Å². The third-order valence-electron chi connectivity index (χ3n) is 5.30. The van der Waals surface area contributed by atoms with Gasteiger partial charge in [-0.1, -0.05) is 36.6 Å². The van der Waals surface area contributed by atoms with Crippen LogP contribution in [-0.4, -0.2) is 34.2 Å². The Morgan fingerprint density at radius 1 is 1.21 bits per heavy atom. The molecule has 0 unspecified atom stereocenters. The molecule has 28 heavy (non-hydrogen) atoms. The number of halogens is 1. The van der Waals surface area contributed by atoms with E-state index in [0.29, 0.717) is 16.6 Å². The van der Waals surface area contributed by atoms with E-state index in [4.69, 9.17) is 11.6 Å². The number of thiazole rings is 1. The summed E-state index contributed by atoms with van der Waals surface area (Å²) in [5.74, 6) is -1.28. The van der Waals surface area contributed by atoms with Crippen molar-refractivity contribution in [1.29, 1.82) is 0 Å². The number of carbonyl (C=O) groups is 3. The maximum atomic E-state index is 12.5. The molecule has 4 rings (SSSR count). The number of rotatable bonds is 5. The molecular formula is C20H20ClN3O3S. The summed E-state index contributed by atoms with van der Waals surface area (Å²) >= 11 is 7.37. The van der Waals surface area contributed by atoms with Gasteiger partial charge in [0.2, 0.25) is 17.7 Å². The van der Waals surface area contributed by atoms with Gasteiger partial charge in [-0.2, -0.15) is 0 Å². The first kappa shape index (κ1) is 19.1. The smallest absolute Gasteiger partial charge is 0.246 e. The Balaban J connectivity index is 1.36. The maximum Gasteiger partial charge on any atom is 0.246 e. The third-order valence-corrected chi connectivity index (χ3v) is 6.45. The van der Waals surface area contributed by atoms with Gasteiger partial charge in [0.15, 0.2) is 5.13 Å². The highest BCUT2D eigenvalue weighted by molar-refractivity contribution is 7.15. The number of amides is 3. The summed E-state index contributed by atoms with van der Waals surface area (Å²) in [6.45, 7) is -0.242. The van der Waals surface area contributed by atoms with Crippen molar-refractivity contribution in [3.63, 3.8) is 0 Å². The fourth-order valence-corrected chi connectivity index (χ4v) is 5.06. The van der Waals surface area contributed by atoms with Crippen molar-refractivity contribution in [2.24, 2.45) is 11.8 Å². The van der Waals surface area contributed by atoms with Gasteiger partial charge < -0.3 is 5.32 Å². The first-order valence-electron chi connectivity index (χ1n) is 9.35.